The minimum absolute atomic E-state index is 0.0982. The number of halogens is 3. The fraction of sp³-hybridized carbons (Fsp3) is 0.167. The summed E-state index contributed by atoms with van der Waals surface area (Å²) in [4.78, 5) is 11.7. The Morgan fingerprint density at radius 3 is 2.69 bits per heavy atom. The first-order chi connectivity index (χ1) is 12.5. The van der Waals surface area contributed by atoms with E-state index in [1.807, 2.05) is 6.92 Å². The summed E-state index contributed by atoms with van der Waals surface area (Å²) < 4.78 is 25.2. The molecule has 2 aromatic heterocycles. The van der Waals surface area contributed by atoms with Crippen molar-refractivity contribution >= 4 is 23.2 Å². The first-order valence-corrected chi connectivity index (χ1v) is 8.46. The molecule has 0 unspecified atom stereocenters. The zero-order valence-electron chi connectivity index (χ0n) is 13.7. The number of hydrogen-bond donors (Lipinski definition) is 0. The Morgan fingerprint density at radius 2 is 1.96 bits per heavy atom. The Labute approximate surface area is 159 Å². The van der Waals surface area contributed by atoms with E-state index >= 15 is 0 Å². The third-order valence-electron chi connectivity index (χ3n) is 3.45. The van der Waals surface area contributed by atoms with Gasteiger partial charge in [0.25, 0.3) is 5.88 Å². The van der Waals surface area contributed by atoms with Gasteiger partial charge in [0.2, 0.25) is 11.2 Å². The number of ether oxygens (including phenoxy) is 2. The molecule has 0 N–H and O–H groups in total. The zero-order valence-corrected chi connectivity index (χ0v) is 15.3. The van der Waals surface area contributed by atoms with Gasteiger partial charge in [0.1, 0.15) is 5.75 Å². The van der Waals surface area contributed by atoms with Gasteiger partial charge in [-0.15, -0.1) is 0 Å². The molecule has 134 valence electrons. The fourth-order valence-corrected chi connectivity index (χ4v) is 2.40. The highest BCUT2D eigenvalue weighted by molar-refractivity contribution is 6.31. The van der Waals surface area contributed by atoms with Crippen LogP contribution in [0.4, 0.5) is 4.39 Å². The molecule has 1 aromatic carbocycles. The number of pyridine rings is 1. The molecule has 2 heterocycles. The van der Waals surface area contributed by atoms with Crippen LogP contribution < -0.4 is 9.47 Å². The summed E-state index contributed by atoms with van der Waals surface area (Å²) in [5.74, 6) is 0.172. The fourth-order valence-electron chi connectivity index (χ4n) is 2.14. The van der Waals surface area contributed by atoms with Gasteiger partial charge in [-0.1, -0.05) is 11.6 Å². The smallest absolute Gasteiger partial charge is 0.255 e. The number of rotatable bonds is 6. The Balaban J connectivity index is 1.60. The predicted octanol–water partition coefficient (Wildman–Crippen LogP) is 5.04. The number of hydrogen-bond acceptors (Lipinski definition) is 5. The van der Waals surface area contributed by atoms with Crippen molar-refractivity contribution in [2.45, 2.75) is 13.3 Å². The summed E-state index contributed by atoms with van der Waals surface area (Å²) in [5.41, 5.74) is 1.51. The van der Waals surface area contributed by atoms with E-state index in [2.05, 4.69) is 15.0 Å². The summed E-state index contributed by atoms with van der Waals surface area (Å²) in [6, 6.07) is 8.02. The average molecular weight is 394 g/mol. The molecule has 0 aliphatic rings. The van der Waals surface area contributed by atoms with Crippen molar-refractivity contribution in [1.82, 2.24) is 15.0 Å². The first-order valence-electron chi connectivity index (χ1n) is 7.71. The van der Waals surface area contributed by atoms with Crippen LogP contribution in [-0.2, 0) is 6.42 Å². The van der Waals surface area contributed by atoms with Crippen molar-refractivity contribution in [1.29, 1.82) is 0 Å². The second kappa shape index (κ2) is 8.29. The van der Waals surface area contributed by atoms with E-state index in [9.17, 15) is 4.39 Å². The second-order valence-electron chi connectivity index (χ2n) is 5.41. The van der Waals surface area contributed by atoms with E-state index in [-0.39, 0.29) is 11.2 Å². The van der Waals surface area contributed by atoms with Gasteiger partial charge in [-0.25, -0.2) is 14.4 Å². The van der Waals surface area contributed by atoms with Gasteiger partial charge in [0.05, 0.1) is 6.61 Å². The lowest BCUT2D eigenvalue weighted by atomic mass is 10.2. The molecule has 0 aliphatic carbocycles. The van der Waals surface area contributed by atoms with Gasteiger partial charge in [0.15, 0.2) is 5.82 Å². The zero-order chi connectivity index (χ0) is 18.5. The van der Waals surface area contributed by atoms with Crippen molar-refractivity contribution in [3.05, 3.63) is 70.0 Å². The largest absolute Gasteiger partial charge is 0.477 e. The van der Waals surface area contributed by atoms with Gasteiger partial charge in [-0.2, -0.15) is 4.98 Å². The molecule has 5 nitrogen and oxygen atoms in total. The summed E-state index contributed by atoms with van der Waals surface area (Å²) >= 11 is 11.6. The molecule has 3 aromatic rings. The standard InChI is InChI=1S/C18H14Cl2FN3O2/c1-11-8-13(2-3-14(11)19)26-17-15(21)9-12(10-23-17)5-7-25-16-4-6-22-18(20)24-16/h2-4,6,8-10H,5,7H2,1H3. The van der Waals surface area contributed by atoms with E-state index in [4.69, 9.17) is 32.7 Å². The SMILES string of the molecule is Cc1cc(Oc2ncc(CCOc3ccnc(Cl)n3)cc2F)ccc1Cl. The predicted molar refractivity (Wildman–Crippen MR) is 96.7 cm³/mol. The lowest BCUT2D eigenvalue weighted by molar-refractivity contribution is 0.308. The molecule has 26 heavy (non-hydrogen) atoms. The number of nitrogens with zero attached hydrogens (tertiary/aromatic N) is 3. The van der Waals surface area contributed by atoms with Gasteiger partial charge < -0.3 is 9.47 Å². The van der Waals surface area contributed by atoms with Crippen LogP contribution in [0.15, 0.2) is 42.7 Å². The van der Waals surface area contributed by atoms with Crippen LogP contribution in [0.5, 0.6) is 17.5 Å². The van der Waals surface area contributed by atoms with E-state index in [0.29, 0.717) is 35.2 Å². The molecular weight excluding hydrogens is 380 g/mol. The van der Waals surface area contributed by atoms with Crippen LogP contribution in [0.25, 0.3) is 0 Å². The van der Waals surface area contributed by atoms with Gasteiger partial charge >= 0.3 is 0 Å². The maximum atomic E-state index is 14.2. The Hall–Kier alpha value is -2.44. The summed E-state index contributed by atoms with van der Waals surface area (Å²) in [7, 11) is 0. The van der Waals surface area contributed by atoms with Crippen molar-refractivity contribution < 1.29 is 13.9 Å². The monoisotopic (exact) mass is 393 g/mol. The third kappa shape index (κ3) is 4.80. The van der Waals surface area contributed by atoms with E-state index in [1.165, 1.54) is 18.5 Å². The summed E-state index contributed by atoms with van der Waals surface area (Å²) in [6.45, 7) is 2.14. The number of benzene rings is 1. The topological polar surface area (TPSA) is 57.1 Å². The molecular formula is C18H14Cl2FN3O2. The average Bonchev–Trinajstić information content (AvgIpc) is 2.60. The highest BCUT2D eigenvalue weighted by Crippen LogP contribution is 2.26. The molecule has 0 aliphatic heterocycles. The number of aryl methyl sites for hydroxylation is 1. The molecule has 0 fully saturated rings. The minimum atomic E-state index is -0.555. The van der Waals surface area contributed by atoms with Gasteiger partial charge in [-0.3, -0.25) is 0 Å². The maximum absolute atomic E-state index is 14.2. The number of aromatic nitrogens is 3. The Morgan fingerprint density at radius 1 is 1.12 bits per heavy atom. The highest BCUT2D eigenvalue weighted by Gasteiger charge is 2.09. The Kier molecular flexibility index (Phi) is 5.85. The normalized spacial score (nSPS) is 10.6. The van der Waals surface area contributed by atoms with Crippen LogP contribution in [0.2, 0.25) is 10.3 Å². The van der Waals surface area contributed by atoms with Crippen molar-refractivity contribution in [2.24, 2.45) is 0 Å². The van der Waals surface area contributed by atoms with Crippen LogP contribution in [0.3, 0.4) is 0 Å². The van der Waals surface area contributed by atoms with Crippen molar-refractivity contribution in [3.8, 4) is 17.5 Å². The van der Waals surface area contributed by atoms with Gasteiger partial charge in [0, 0.05) is 29.9 Å². The molecule has 0 spiro atoms. The van der Waals surface area contributed by atoms with E-state index in [0.717, 1.165) is 5.56 Å². The lowest BCUT2D eigenvalue weighted by Gasteiger charge is -2.09. The van der Waals surface area contributed by atoms with Crippen LogP contribution >= 0.6 is 23.2 Å². The van der Waals surface area contributed by atoms with E-state index < -0.39 is 5.82 Å². The van der Waals surface area contributed by atoms with Crippen LogP contribution in [-0.4, -0.2) is 21.6 Å². The third-order valence-corrected chi connectivity index (χ3v) is 4.06. The van der Waals surface area contributed by atoms with E-state index in [1.54, 1.807) is 24.3 Å². The quantitative estimate of drug-likeness (QED) is 0.549. The molecule has 3 rings (SSSR count). The Bertz CT molecular complexity index is 925. The van der Waals surface area contributed by atoms with Crippen molar-refractivity contribution in [2.75, 3.05) is 6.61 Å². The van der Waals surface area contributed by atoms with Crippen LogP contribution in [0.1, 0.15) is 11.1 Å². The lowest BCUT2D eigenvalue weighted by Crippen LogP contribution is -2.04. The van der Waals surface area contributed by atoms with Crippen molar-refractivity contribution in [3.63, 3.8) is 0 Å². The molecule has 0 atom stereocenters. The summed E-state index contributed by atoms with van der Waals surface area (Å²) in [6.07, 6.45) is 3.49. The molecule has 0 saturated carbocycles. The minimum Gasteiger partial charge on any atom is -0.477 e. The van der Waals surface area contributed by atoms with Gasteiger partial charge in [-0.05, 0) is 53.9 Å². The molecule has 0 saturated heterocycles. The van der Waals surface area contributed by atoms with Crippen LogP contribution in [0, 0.1) is 12.7 Å². The molecule has 0 bridgehead atoms. The molecule has 0 amide bonds. The molecule has 8 heteroatoms. The summed E-state index contributed by atoms with van der Waals surface area (Å²) in [5, 5.41) is 0.722. The maximum Gasteiger partial charge on any atom is 0.255 e. The second-order valence-corrected chi connectivity index (χ2v) is 6.15. The highest BCUT2D eigenvalue weighted by atomic mass is 35.5. The molecule has 0 radical (unpaired) electrons. The first kappa shape index (κ1) is 18.4.